The third-order valence-corrected chi connectivity index (χ3v) is 4.19. The first-order valence-corrected chi connectivity index (χ1v) is 9.28. The number of aryl methyl sites for hydroxylation is 1. The van der Waals surface area contributed by atoms with Crippen molar-refractivity contribution in [3.8, 4) is 5.75 Å². The lowest BCUT2D eigenvalue weighted by Gasteiger charge is -2.21. The molecule has 0 aliphatic rings. The van der Waals surface area contributed by atoms with Crippen molar-refractivity contribution in [1.82, 2.24) is 5.32 Å². The molecular formula is C22H26N2O5. The zero-order chi connectivity index (χ0) is 21.4. The maximum Gasteiger partial charge on any atom is 0.329 e. The Hall–Kier alpha value is -3.35. The summed E-state index contributed by atoms with van der Waals surface area (Å²) in [6, 6.07) is 13.0. The summed E-state index contributed by atoms with van der Waals surface area (Å²) in [7, 11) is 1.53. The van der Waals surface area contributed by atoms with Gasteiger partial charge in [-0.2, -0.15) is 0 Å². The Bertz CT molecular complexity index is 879. The molecule has 0 fully saturated rings. The number of benzene rings is 2. The van der Waals surface area contributed by atoms with Crippen LogP contribution in [0.15, 0.2) is 48.5 Å². The van der Waals surface area contributed by atoms with Crippen LogP contribution in [0.5, 0.6) is 5.75 Å². The fourth-order valence-corrected chi connectivity index (χ4v) is 2.63. The van der Waals surface area contributed by atoms with Gasteiger partial charge in [0, 0.05) is 17.3 Å². The minimum Gasteiger partial charge on any atom is -0.497 e. The molecule has 0 unspecified atom stereocenters. The van der Waals surface area contributed by atoms with Crippen LogP contribution in [0.2, 0.25) is 0 Å². The summed E-state index contributed by atoms with van der Waals surface area (Å²) in [4.78, 5) is 37.0. The fourth-order valence-electron chi connectivity index (χ4n) is 2.63. The van der Waals surface area contributed by atoms with Crippen molar-refractivity contribution in [3.63, 3.8) is 0 Å². The minimum atomic E-state index is -0.868. The molecule has 7 heteroatoms. The van der Waals surface area contributed by atoms with Crippen LogP contribution in [-0.2, 0) is 14.3 Å². The second-order valence-corrected chi connectivity index (χ2v) is 6.95. The quantitative estimate of drug-likeness (QED) is 0.667. The SMILES string of the molecule is COc1cccc(NC(=O)COC(=O)[C@@H](NC(=O)c2cccc(C)c2)C(C)C)c1. The minimum absolute atomic E-state index is 0.210. The maximum absolute atomic E-state index is 12.4. The molecule has 0 radical (unpaired) electrons. The van der Waals surface area contributed by atoms with Crippen LogP contribution in [0.25, 0.3) is 0 Å². The molecule has 154 valence electrons. The van der Waals surface area contributed by atoms with Gasteiger partial charge in [0.05, 0.1) is 7.11 Å². The first kappa shape index (κ1) is 21.9. The van der Waals surface area contributed by atoms with E-state index in [9.17, 15) is 14.4 Å². The Labute approximate surface area is 170 Å². The number of anilines is 1. The zero-order valence-corrected chi connectivity index (χ0v) is 17.0. The summed E-state index contributed by atoms with van der Waals surface area (Å²) >= 11 is 0. The van der Waals surface area contributed by atoms with E-state index in [-0.39, 0.29) is 11.8 Å². The lowest BCUT2D eigenvalue weighted by molar-refractivity contribution is -0.150. The third-order valence-electron chi connectivity index (χ3n) is 4.19. The first-order valence-electron chi connectivity index (χ1n) is 9.28. The van der Waals surface area contributed by atoms with Crippen LogP contribution in [-0.4, -0.2) is 37.5 Å². The van der Waals surface area contributed by atoms with E-state index in [4.69, 9.17) is 9.47 Å². The number of rotatable bonds is 8. The van der Waals surface area contributed by atoms with Gasteiger partial charge in [-0.25, -0.2) is 4.79 Å². The Kier molecular flexibility index (Phi) is 7.77. The molecule has 0 aliphatic carbocycles. The second-order valence-electron chi connectivity index (χ2n) is 6.95. The van der Waals surface area contributed by atoms with Gasteiger partial charge in [0.2, 0.25) is 0 Å². The summed E-state index contributed by atoms with van der Waals surface area (Å²) in [6.07, 6.45) is 0. The summed E-state index contributed by atoms with van der Waals surface area (Å²) in [5, 5.41) is 5.32. The number of carbonyl (C=O) groups is 3. The smallest absolute Gasteiger partial charge is 0.329 e. The molecular weight excluding hydrogens is 372 g/mol. The van der Waals surface area contributed by atoms with Crippen molar-refractivity contribution in [3.05, 3.63) is 59.7 Å². The molecule has 1 atom stereocenters. The number of hydrogen-bond acceptors (Lipinski definition) is 5. The Morgan fingerprint density at radius 1 is 1.03 bits per heavy atom. The average molecular weight is 398 g/mol. The lowest BCUT2D eigenvalue weighted by Crippen LogP contribution is -2.45. The molecule has 0 heterocycles. The molecule has 0 bridgehead atoms. The highest BCUT2D eigenvalue weighted by molar-refractivity contribution is 5.97. The van der Waals surface area contributed by atoms with Crippen molar-refractivity contribution in [2.24, 2.45) is 5.92 Å². The summed E-state index contributed by atoms with van der Waals surface area (Å²) in [5.74, 6) is -1.14. The zero-order valence-electron chi connectivity index (χ0n) is 17.0. The van der Waals surface area contributed by atoms with Crippen LogP contribution >= 0.6 is 0 Å². The molecule has 2 amide bonds. The molecule has 0 saturated carbocycles. The van der Waals surface area contributed by atoms with Gasteiger partial charge in [-0.05, 0) is 37.1 Å². The van der Waals surface area contributed by atoms with E-state index in [2.05, 4.69) is 10.6 Å². The van der Waals surface area contributed by atoms with Crippen molar-refractivity contribution in [1.29, 1.82) is 0 Å². The van der Waals surface area contributed by atoms with Crippen LogP contribution < -0.4 is 15.4 Å². The molecule has 0 spiro atoms. The highest BCUT2D eigenvalue weighted by Crippen LogP contribution is 2.16. The number of hydrogen-bond donors (Lipinski definition) is 2. The van der Waals surface area contributed by atoms with Gasteiger partial charge >= 0.3 is 5.97 Å². The van der Waals surface area contributed by atoms with Gasteiger partial charge in [-0.15, -0.1) is 0 Å². The van der Waals surface area contributed by atoms with Gasteiger partial charge in [0.25, 0.3) is 11.8 Å². The van der Waals surface area contributed by atoms with Crippen molar-refractivity contribution >= 4 is 23.5 Å². The summed E-state index contributed by atoms with van der Waals surface area (Å²) < 4.78 is 10.2. The van der Waals surface area contributed by atoms with Gasteiger partial charge < -0.3 is 20.1 Å². The second kappa shape index (κ2) is 10.3. The maximum atomic E-state index is 12.4. The normalized spacial score (nSPS) is 11.5. The number of esters is 1. The standard InChI is InChI=1S/C22H26N2O5/c1-14(2)20(24-21(26)16-8-5-7-15(3)11-16)22(27)29-13-19(25)23-17-9-6-10-18(12-17)28-4/h5-12,14,20H,13H2,1-4H3,(H,23,25)(H,24,26)/t20-/m0/s1. The van der Waals surface area contributed by atoms with E-state index < -0.39 is 24.5 Å². The highest BCUT2D eigenvalue weighted by atomic mass is 16.5. The van der Waals surface area contributed by atoms with E-state index in [1.807, 2.05) is 13.0 Å². The molecule has 2 aromatic carbocycles. The fraction of sp³-hybridized carbons (Fsp3) is 0.318. The number of carbonyl (C=O) groups excluding carboxylic acids is 3. The van der Waals surface area contributed by atoms with E-state index in [1.54, 1.807) is 56.3 Å². The largest absolute Gasteiger partial charge is 0.497 e. The van der Waals surface area contributed by atoms with Crippen LogP contribution in [0.4, 0.5) is 5.69 Å². The van der Waals surface area contributed by atoms with Gasteiger partial charge in [0.1, 0.15) is 11.8 Å². The number of ether oxygens (including phenoxy) is 2. The number of amides is 2. The molecule has 2 rings (SSSR count). The van der Waals surface area contributed by atoms with Crippen molar-refractivity contribution in [2.75, 3.05) is 19.0 Å². The van der Waals surface area contributed by atoms with E-state index in [0.29, 0.717) is 17.0 Å². The predicted molar refractivity (Wildman–Crippen MR) is 110 cm³/mol. The molecule has 0 saturated heterocycles. The van der Waals surface area contributed by atoms with Gasteiger partial charge in [-0.3, -0.25) is 9.59 Å². The Morgan fingerprint density at radius 2 is 1.76 bits per heavy atom. The third kappa shape index (κ3) is 6.64. The van der Waals surface area contributed by atoms with Crippen molar-refractivity contribution < 1.29 is 23.9 Å². The monoisotopic (exact) mass is 398 g/mol. The first-order chi connectivity index (χ1) is 13.8. The molecule has 7 nitrogen and oxygen atoms in total. The van der Waals surface area contributed by atoms with Crippen LogP contribution in [0.3, 0.4) is 0 Å². The molecule has 2 aromatic rings. The number of methoxy groups -OCH3 is 1. The highest BCUT2D eigenvalue weighted by Gasteiger charge is 2.26. The van der Waals surface area contributed by atoms with Crippen molar-refractivity contribution in [2.45, 2.75) is 26.8 Å². The topological polar surface area (TPSA) is 93.7 Å². The lowest BCUT2D eigenvalue weighted by atomic mass is 10.0. The molecule has 0 aromatic heterocycles. The summed E-state index contributed by atoms with van der Waals surface area (Å²) in [6.45, 7) is 5.00. The Morgan fingerprint density at radius 3 is 2.41 bits per heavy atom. The van der Waals surface area contributed by atoms with E-state index >= 15 is 0 Å². The van der Waals surface area contributed by atoms with Crippen LogP contribution in [0, 0.1) is 12.8 Å². The van der Waals surface area contributed by atoms with Crippen LogP contribution in [0.1, 0.15) is 29.8 Å². The van der Waals surface area contributed by atoms with E-state index in [1.165, 1.54) is 7.11 Å². The van der Waals surface area contributed by atoms with Gasteiger partial charge in [0.15, 0.2) is 6.61 Å². The Balaban J connectivity index is 1.93. The summed E-state index contributed by atoms with van der Waals surface area (Å²) in [5.41, 5.74) is 1.92. The predicted octanol–water partition coefficient (Wildman–Crippen LogP) is 2.94. The molecule has 2 N–H and O–H groups in total. The van der Waals surface area contributed by atoms with Gasteiger partial charge in [-0.1, -0.05) is 37.6 Å². The molecule has 29 heavy (non-hydrogen) atoms. The molecule has 0 aliphatic heterocycles. The average Bonchev–Trinajstić information content (AvgIpc) is 2.70. The van der Waals surface area contributed by atoms with E-state index in [0.717, 1.165) is 5.56 Å². The number of nitrogens with one attached hydrogen (secondary N) is 2.